The van der Waals surface area contributed by atoms with Crippen LogP contribution in [-0.4, -0.2) is 24.0 Å². The minimum atomic E-state index is -0.370. The van der Waals surface area contributed by atoms with Crippen LogP contribution in [0.15, 0.2) is 48.5 Å². The Bertz CT molecular complexity index is 748. The number of methoxy groups -OCH3 is 1. The molecule has 0 aromatic heterocycles. The van der Waals surface area contributed by atoms with E-state index in [1.165, 1.54) is 7.11 Å². The van der Waals surface area contributed by atoms with Gasteiger partial charge in [-0.05, 0) is 36.5 Å². The maximum Gasteiger partial charge on any atom is 0.305 e. The maximum absolute atomic E-state index is 12.6. The van der Waals surface area contributed by atoms with E-state index < -0.39 is 0 Å². The summed E-state index contributed by atoms with van der Waals surface area (Å²) in [7, 11) is 1.37. The van der Waals surface area contributed by atoms with Crippen molar-refractivity contribution in [3.63, 3.8) is 0 Å². The lowest BCUT2D eigenvalue weighted by molar-refractivity contribution is -0.140. The number of phenols is 1. The van der Waals surface area contributed by atoms with Crippen molar-refractivity contribution in [3.8, 4) is 5.75 Å². The number of phenolic OH excluding ortho intramolecular Hbond substituents is 1. The molecule has 1 N–H and O–H groups in total. The summed E-state index contributed by atoms with van der Waals surface area (Å²) in [5.74, 6) is -0.159. The van der Waals surface area contributed by atoms with Gasteiger partial charge in [0.2, 0.25) is 0 Å². The monoisotopic (exact) mass is 340 g/mol. The molecule has 2 aromatic carbocycles. The van der Waals surface area contributed by atoms with E-state index in [9.17, 15) is 14.7 Å². The van der Waals surface area contributed by atoms with Crippen LogP contribution in [0.2, 0.25) is 0 Å². The molecule has 0 aliphatic heterocycles. The summed E-state index contributed by atoms with van der Waals surface area (Å²) in [5, 5.41) is 10.3. The van der Waals surface area contributed by atoms with Gasteiger partial charge in [-0.15, -0.1) is 0 Å². The van der Waals surface area contributed by atoms with Crippen molar-refractivity contribution in [2.75, 3.05) is 7.11 Å². The van der Waals surface area contributed by atoms with Crippen molar-refractivity contribution >= 4 is 11.8 Å². The van der Waals surface area contributed by atoms with Crippen LogP contribution in [0.3, 0.4) is 0 Å². The molecule has 0 spiro atoms. The average molecular weight is 340 g/mol. The number of esters is 1. The van der Waals surface area contributed by atoms with E-state index in [-0.39, 0.29) is 22.9 Å². The van der Waals surface area contributed by atoms with E-state index in [1.807, 2.05) is 32.0 Å². The smallest absolute Gasteiger partial charge is 0.305 e. The van der Waals surface area contributed by atoms with Crippen LogP contribution in [0.25, 0.3) is 0 Å². The number of hydrogen-bond acceptors (Lipinski definition) is 4. The van der Waals surface area contributed by atoms with Crippen LogP contribution in [0.1, 0.15) is 54.6 Å². The van der Waals surface area contributed by atoms with Gasteiger partial charge in [0.1, 0.15) is 5.75 Å². The first-order valence-corrected chi connectivity index (χ1v) is 8.35. The second kappa shape index (κ2) is 7.97. The molecule has 4 heteroatoms. The van der Waals surface area contributed by atoms with Crippen molar-refractivity contribution in [2.45, 2.75) is 38.5 Å². The fraction of sp³-hybridized carbons (Fsp3) is 0.333. The van der Waals surface area contributed by atoms with Crippen LogP contribution in [0.5, 0.6) is 5.75 Å². The molecule has 0 heterocycles. The number of benzene rings is 2. The SMILES string of the molecule is COC(=O)CCCC(C)(C)c1cc(C(=O)c2ccccc2)ccc1O. The predicted octanol–water partition coefficient (Wildman–Crippen LogP) is 4.24. The van der Waals surface area contributed by atoms with Crippen LogP contribution in [0, 0.1) is 0 Å². The van der Waals surface area contributed by atoms with Crippen LogP contribution < -0.4 is 0 Å². The van der Waals surface area contributed by atoms with Crippen molar-refractivity contribution in [1.82, 2.24) is 0 Å². The number of carbonyl (C=O) groups excluding carboxylic acids is 2. The third kappa shape index (κ3) is 4.69. The Kier molecular flexibility index (Phi) is 5.97. The largest absolute Gasteiger partial charge is 0.508 e. The lowest BCUT2D eigenvalue weighted by atomic mass is 9.78. The number of ether oxygens (including phenoxy) is 1. The van der Waals surface area contributed by atoms with Gasteiger partial charge in [-0.25, -0.2) is 0 Å². The molecule has 0 unspecified atom stereocenters. The van der Waals surface area contributed by atoms with Gasteiger partial charge < -0.3 is 9.84 Å². The Morgan fingerprint density at radius 3 is 2.36 bits per heavy atom. The zero-order valence-electron chi connectivity index (χ0n) is 14.9. The maximum atomic E-state index is 12.6. The molecule has 2 aromatic rings. The Morgan fingerprint density at radius 2 is 1.72 bits per heavy atom. The van der Waals surface area contributed by atoms with Gasteiger partial charge in [-0.2, -0.15) is 0 Å². The highest BCUT2D eigenvalue weighted by atomic mass is 16.5. The molecule has 0 saturated carbocycles. The van der Waals surface area contributed by atoms with Crippen molar-refractivity contribution in [2.24, 2.45) is 0 Å². The summed E-state index contributed by atoms with van der Waals surface area (Å²) in [6, 6.07) is 14.0. The number of rotatable bonds is 7. The first kappa shape index (κ1) is 18.7. The van der Waals surface area contributed by atoms with Gasteiger partial charge in [0.15, 0.2) is 5.78 Å². The summed E-state index contributed by atoms with van der Waals surface area (Å²) >= 11 is 0. The minimum absolute atomic E-state index is 0.0767. The van der Waals surface area contributed by atoms with E-state index in [1.54, 1.807) is 30.3 Å². The number of carbonyl (C=O) groups is 2. The Labute approximate surface area is 148 Å². The lowest BCUT2D eigenvalue weighted by Crippen LogP contribution is -2.19. The van der Waals surface area contributed by atoms with Crippen molar-refractivity contribution < 1.29 is 19.4 Å². The quantitative estimate of drug-likeness (QED) is 0.605. The molecule has 0 bridgehead atoms. The molecule has 0 aliphatic carbocycles. The Balaban J connectivity index is 2.23. The summed E-state index contributed by atoms with van der Waals surface area (Å²) < 4.78 is 4.66. The molecule has 25 heavy (non-hydrogen) atoms. The molecule has 0 fully saturated rings. The zero-order chi connectivity index (χ0) is 18.4. The number of hydrogen-bond donors (Lipinski definition) is 1. The molecule has 0 aliphatic rings. The Morgan fingerprint density at radius 1 is 1.04 bits per heavy atom. The first-order valence-electron chi connectivity index (χ1n) is 8.35. The molecule has 132 valence electrons. The van der Waals surface area contributed by atoms with Crippen LogP contribution >= 0.6 is 0 Å². The van der Waals surface area contributed by atoms with E-state index in [0.29, 0.717) is 36.0 Å². The van der Waals surface area contributed by atoms with E-state index in [0.717, 1.165) is 0 Å². The number of ketones is 1. The van der Waals surface area contributed by atoms with Gasteiger partial charge in [0, 0.05) is 23.1 Å². The summed E-state index contributed by atoms with van der Waals surface area (Å²) in [5.41, 5.74) is 1.49. The average Bonchev–Trinajstić information content (AvgIpc) is 2.61. The van der Waals surface area contributed by atoms with Crippen LogP contribution in [-0.2, 0) is 14.9 Å². The van der Waals surface area contributed by atoms with Gasteiger partial charge in [0.25, 0.3) is 0 Å². The molecular formula is C21H24O4. The summed E-state index contributed by atoms with van der Waals surface area (Å²) in [6.07, 6.45) is 1.68. The van der Waals surface area contributed by atoms with Gasteiger partial charge in [0.05, 0.1) is 7.11 Å². The third-order valence-electron chi connectivity index (χ3n) is 4.43. The predicted molar refractivity (Wildman–Crippen MR) is 96.9 cm³/mol. The second-order valence-corrected chi connectivity index (χ2v) is 6.74. The fourth-order valence-corrected chi connectivity index (χ4v) is 2.89. The fourth-order valence-electron chi connectivity index (χ4n) is 2.89. The highest BCUT2D eigenvalue weighted by molar-refractivity contribution is 6.09. The van der Waals surface area contributed by atoms with Crippen molar-refractivity contribution in [1.29, 1.82) is 0 Å². The highest BCUT2D eigenvalue weighted by Crippen LogP contribution is 2.36. The molecule has 0 radical (unpaired) electrons. The van der Waals surface area contributed by atoms with Gasteiger partial charge >= 0.3 is 5.97 Å². The van der Waals surface area contributed by atoms with Gasteiger partial charge in [-0.1, -0.05) is 44.2 Å². The summed E-state index contributed by atoms with van der Waals surface area (Å²) in [6.45, 7) is 3.99. The van der Waals surface area contributed by atoms with Gasteiger partial charge in [-0.3, -0.25) is 9.59 Å². The van der Waals surface area contributed by atoms with Crippen LogP contribution in [0.4, 0.5) is 0 Å². The number of aromatic hydroxyl groups is 1. The molecule has 0 atom stereocenters. The molecular weight excluding hydrogens is 316 g/mol. The van der Waals surface area contributed by atoms with E-state index in [2.05, 4.69) is 4.74 Å². The minimum Gasteiger partial charge on any atom is -0.508 e. The normalized spacial score (nSPS) is 11.2. The van der Waals surface area contributed by atoms with Crippen molar-refractivity contribution in [3.05, 3.63) is 65.2 Å². The molecule has 2 rings (SSSR count). The van der Waals surface area contributed by atoms with E-state index >= 15 is 0 Å². The molecule has 4 nitrogen and oxygen atoms in total. The highest BCUT2D eigenvalue weighted by Gasteiger charge is 2.25. The topological polar surface area (TPSA) is 63.6 Å². The second-order valence-electron chi connectivity index (χ2n) is 6.74. The molecule has 0 amide bonds. The Hall–Kier alpha value is -2.62. The standard InChI is InChI=1S/C21H24O4/c1-21(2,13-7-10-19(23)25-3)17-14-16(11-12-18(17)22)20(24)15-8-5-4-6-9-15/h4-6,8-9,11-12,14,22H,7,10,13H2,1-3H3. The molecule has 0 saturated heterocycles. The zero-order valence-corrected chi connectivity index (χ0v) is 14.9. The summed E-state index contributed by atoms with van der Waals surface area (Å²) in [4.78, 5) is 23.9. The lowest BCUT2D eigenvalue weighted by Gasteiger charge is -2.26. The van der Waals surface area contributed by atoms with E-state index in [4.69, 9.17) is 0 Å². The first-order chi connectivity index (χ1) is 11.8. The third-order valence-corrected chi connectivity index (χ3v) is 4.43.